The van der Waals surface area contributed by atoms with E-state index in [2.05, 4.69) is 9.97 Å². The first-order chi connectivity index (χ1) is 9.15. The van der Waals surface area contributed by atoms with Gasteiger partial charge in [0.05, 0.1) is 17.7 Å². The molecule has 0 spiro atoms. The van der Waals surface area contributed by atoms with Crippen LogP contribution in [0.3, 0.4) is 0 Å². The van der Waals surface area contributed by atoms with Crippen LogP contribution in [-0.4, -0.2) is 34.3 Å². The maximum atomic E-state index is 13.4. The molecule has 2 aromatic rings. The second-order valence-electron chi connectivity index (χ2n) is 4.69. The Labute approximate surface area is 108 Å². The quantitative estimate of drug-likeness (QED) is 0.872. The predicted octanol–water partition coefficient (Wildman–Crippen LogP) is 2.29. The number of imidazole rings is 1. The van der Waals surface area contributed by atoms with Crippen LogP contribution in [0, 0.1) is 5.82 Å². The third-order valence-corrected chi connectivity index (χ3v) is 3.35. The summed E-state index contributed by atoms with van der Waals surface area (Å²) in [5.41, 5.74) is 0.599. The molecule has 0 amide bonds. The van der Waals surface area contributed by atoms with E-state index in [1.807, 2.05) is 0 Å². The summed E-state index contributed by atoms with van der Waals surface area (Å²) in [5.74, 6) is -0.976. The molecule has 1 aromatic heterocycles. The van der Waals surface area contributed by atoms with Gasteiger partial charge in [-0.15, -0.1) is 0 Å². The van der Waals surface area contributed by atoms with Gasteiger partial charge in [0.1, 0.15) is 17.2 Å². The fourth-order valence-corrected chi connectivity index (χ4v) is 2.41. The molecular formula is C13H13FN2O3. The molecule has 1 atom stereocenters. The number of nitrogens with zero attached hydrogens (tertiary/aromatic N) is 1. The summed E-state index contributed by atoms with van der Waals surface area (Å²) in [4.78, 5) is 18.4. The lowest BCUT2D eigenvalue weighted by molar-refractivity contribution is 0.0698. The van der Waals surface area contributed by atoms with Crippen molar-refractivity contribution in [2.24, 2.45) is 0 Å². The second-order valence-corrected chi connectivity index (χ2v) is 4.69. The van der Waals surface area contributed by atoms with E-state index in [-0.39, 0.29) is 11.5 Å². The molecule has 0 bridgehead atoms. The average Bonchev–Trinajstić information content (AvgIpc) is 2.82. The van der Waals surface area contributed by atoms with Crippen LogP contribution in [0.2, 0.25) is 0 Å². The summed E-state index contributed by atoms with van der Waals surface area (Å²) >= 11 is 0. The fourth-order valence-electron chi connectivity index (χ4n) is 2.41. The average molecular weight is 264 g/mol. The molecule has 6 heteroatoms. The molecule has 3 rings (SSSR count). The number of hydrogen-bond acceptors (Lipinski definition) is 3. The van der Waals surface area contributed by atoms with Crippen molar-refractivity contribution in [3.63, 3.8) is 0 Å². The van der Waals surface area contributed by atoms with E-state index >= 15 is 0 Å². The van der Waals surface area contributed by atoms with Gasteiger partial charge in [-0.25, -0.2) is 14.2 Å². The lowest BCUT2D eigenvalue weighted by Gasteiger charge is -2.19. The lowest BCUT2D eigenvalue weighted by Crippen LogP contribution is -2.16. The van der Waals surface area contributed by atoms with Gasteiger partial charge in [-0.2, -0.15) is 0 Å². The molecule has 5 nitrogen and oxygen atoms in total. The number of aromatic amines is 1. The predicted molar refractivity (Wildman–Crippen MR) is 65.8 cm³/mol. The number of rotatable bonds is 2. The molecule has 1 aromatic carbocycles. The van der Waals surface area contributed by atoms with Crippen LogP contribution in [0.4, 0.5) is 4.39 Å². The third-order valence-electron chi connectivity index (χ3n) is 3.35. The van der Waals surface area contributed by atoms with Crippen LogP contribution in [0.5, 0.6) is 0 Å². The van der Waals surface area contributed by atoms with Gasteiger partial charge in [0.15, 0.2) is 0 Å². The molecule has 2 heterocycles. The van der Waals surface area contributed by atoms with Gasteiger partial charge in [0.25, 0.3) is 0 Å². The van der Waals surface area contributed by atoms with E-state index < -0.39 is 11.8 Å². The minimum Gasteiger partial charge on any atom is -0.478 e. The number of nitrogens with one attached hydrogen (secondary N) is 1. The van der Waals surface area contributed by atoms with Crippen molar-refractivity contribution < 1.29 is 19.0 Å². The molecule has 1 fully saturated rings. The van der Waals surface area contributed by atoms with Crippen molar-refractivity contribution in [3.8, 4) is 0 Å². The van der Waals surface area contributed by atoms with E-state index in [9.17, 15) is 9.18 Å². The zero-order chi connectivity index (χ0) is 13.4. The number of aromatic carboxylic acids is 1. The van der Waals surface area contributed by atoms with E-state index in [0.717, 1.165) is 25.5 Å². The van der Waals surface area contributed by atoms with Gasteiger partial charge < -0.3 is 14.8 Å². The molecule has 1 unspecified atom stereocenters. The molecule has 1 aliphatic rings. The van der Waals surface area contributed by atoms with E-state index in [1.54, 1.807) is 0 Å². The Hall–Kier alpha value is -1.95. The molecule has 0 saturated carbocycles. The SMILES string of the molecule is O=C(O)c1cc(F)cc2[nH]c(C3CCCOC3)nc12. The molecule has 100 valence electrons. The number of H-pyrrole nitrogens is 1. The van der Waals surface area contributed by atoms with Gasteiger partial charge in [-0.3, -0.25) is 0 Å². The minimum absolute atomic E-state index is 0.116. The standard InChI is InChI=1S/C13H13FN2O3/c14-8-4-9(13(17)18)11-10(5-8)15-12(16-11)7-2-1-3-19-6-7/h4-5,7H,1-3,6H2,(H,15,16)(H,17,18). The fraction of sp³-hybridized carbons (Fsp3) is 0.385. The maximum absolute atomic E-state index is 13.4. The van der Waals surface area contributed by atoms with Crippen LogP contribution in [0.15, 0.2) is 12.1 Å². The molecule has 1 aliphatic heterocycles. The summed E-state index contributed by atoms with van der Waals surface area (Å²) in [6, 6.07) is 2.26. The van der Waals surface area contributed by atoms with Crippen molar-refractivity contribution >= 4 is 17.0 Å². The lowest BCUT2D eigenvalue weighted by atomic mass is 10.0. The van der Waals surface area contributed by atoms with Crippen LogP contribution in [0.25, 0.3) is 11.0 Å². The first-order valence-corrected chi connectivity index (χ1v) is 6.15. The maximum Gasteiger partial charge on any atom is 0.338 e. The molecule has 19 heavy (non-hydrogen) atoms. The van der Waals surface area contributed by atoms with Gasteiger partial charge in [-0.05, 0) is 25.0 Å². The number of aromatic nitrogens is 2. The zero-order valence-corrected chi connectivity index (χ0v) is 10.1. The van der Waals surface area contributed by atoms with Crippen LogP contribution < -0.4 is 0 Å². The highest BCUT2D eigenvalue weighted by Gasteiger charge is 2.22. The highest BCUT2D eigenvalue weighted by Crippen LogP contribution is 2.27. The van der Waals surface area contributed by atoms with Crippen LogP contribution in [-0.2, 0) is 4.74 Å². The number of carbonyl (C=O) groups is 1. The normalized spacial score (nSPS) is 19.7. The Balaban J connectivity index is 2.09. The minimum atomic E-state index is -1.18. The number of hydrogen-bond donors (Lipinski definition) is 2. The van der Waals surface area contributed by atoms with E-state index in [0.29, 0.717) is 23.5 Å². The summed E-state index contributed by atoms with van der Waals surface area (Å²) in [6.07, 6.45) is 1.88. The van der Waals surface area contributed by atoms with Crippen molar-refractivity contribution in [3.05, 3.63) is 29.3 Å². The van der Waals surface area contributed by atoms with Crippen LogP contribution in [0.1, 0.15) is 34.9 Å². The summed E-state index contributed by atoms with van der Waals surface area (Å²) in [7, 11) is 0. The van der Waals surface area contributed by atoms with Crippen molar-refractivity contribution in [1.82, 2.24) is 9.97 Å². The largest absolute Gasteiger partial charge is 0.478 e. The first-order valence-electron chi connectivity index (χ1n) is 6.15. The number of ether oxygens (including phenoxy) is 1. The summed E-state index contributed by atoms with van der Waals surface area (Å²) < 4.78 is 18.8. The first kappa shape index (κ1) is 12.1. The molecular weight excluding hydrogens is 251 g/mol. The highest BCUT2D eigenvalue weighted by atomic mass is 19.1. The number of carboxylic acids is 1. The Morgan fingerprint density at radius 3 is 3.05 bits per heavy atom. The summed E-state index contributed by atoms with van der Waals surface area (Å²) in [5, 5.41) is 9.08. The Morgan fingerprint density at radius 2 is 2.37 bits per heavy atom. The molecule has 0 radical (unpaired) electrons. The molecule has 0 aliphatic carbocycles. The Bertz CT molecular complexity index is 632. The Kier molecular flexibility index (Phi) is 2.94. The van der Waals surface area contributed by atoms with Crippen molar-refractivity contribution in [2.75, 3.05) is 13.2 Å². The second kappa shape index (κ2) is 4.62. The van der Waals surface area contributed by atoms with Crippen molar-refractivity contribution in [2.45, 2.75) is 18.8 Å². The topological polar surface area (TPSA) is 75.2 Å². The van der Waals surface area contributed by atoms with Gasteiger partial charge in [0, 0.05) is 12.5 Å². The highest BCUT2D eigenvalue weighted by molar-refractivity contribution is 6.01. The van der Waals surface area contributed by atoms with Gasteiger partial charge >= 0.3 is 5.97 Å². The van der Waals surface area contributed by atoms with Crippen LogP contribution >= 0.6 is 0 Å². The molecule has 1 saturated heterocycles. The third kappa shape index (κ3) is 2.19. The van der Waals surface area contributed by atoms with Crippen molar-refractivity contribution in [1.29, 1.82) is 0 Å². The number of benzene rings is 1. The zero-order valence-electron chi connectivity index (χ0n) is 10.1. The van der Waals surface area contributed by atoms with Gasteiger partial charge in [-0.1, -0.05) is 0 Å². The number of halogens is 1. The summed E-state index contributed by atoms with van der Waals surface area (Å²) in [6.45, 7) is 1.30. The van der Waals surface area contributed by atoms with E-state index in [1.165, 1.54) is 6.07 Å². The number of fused-ring (bicyclic) bond motifs is 1. The smallest absolute Gasteiger partial charge is 0.338 e. The number of carboxylic acid groups (broad SMARTS) is 1. The van der Waals surface area contributed by atoms with Gasteiger partial charge in [0.2, 0.25) is 0 Å². The van der Waals surface area contributed by atoms with E-state index in [4.69, 9.17) is 9.84 Å². The monoisotopic (exact) mass is 264 g/mol. The Morgan fingerprint density at radius 1 is 1.53 bits per heavy atom. The molecule has 2 N–H and O–H groups in total.